The van der Waals surface area contributed by atoms with Crippen molar-refractivity contribution in [2.75, 3.05) is 13.2 Å². The third-order valence-electron chi connectivity index (χ3n) is 1.79. The van der Waals surface area contributed by atoms with E-state index in [4.69, 9.17) is 32.7 Å². The van der Waals surface area contributed by atoms with E-state index in [-0.39, 0.29) is 28.1 Å². The molecule has 0 saturated carbocycles. The maximum atomic E-state index is 11.7. The molecule has 18 heavy (non-hydrogen) atoms. The molecule has 0 bridgehead atoms. The first-order valence-electron chi connectivity index (χ1n) is 5.29. The SMILES string of the molecule is CC(C)(C)OCCOC(=O)c1cc(Cl)nnc1Cl. The normalized spacial score (nSPS) is 11.4. The highest BCUT2D eigenvalue weighted by atomic mass is 35.5. The van der Waals surface area contributed by atoms with Crippen LogP contribution in [0.3, 0.4) is 0 Å². The summed E-state index contributed by atoms with van der Waals surface area (Å²) < 4.78 is 10.4. The van der Waals surface area contributed by atoms with E-state index < -0.39 is 5.97 Å². The van der Waals surface area contributed by atoms with Gasteiger partial charge < -0.3 is 9.47 Å². The fraction of sp³-hybridized carbons (Fsp3) is 0.545. The van der Waals surface area contributed by atoms with Gasteiger partial charge in [0.15, 0.2) is 10.3 Å². The Balaban J connectivity index is 2.48. The summed E-state index contributed by atoms with van der Waals surface area (Å²) in [6.45, 7) is 6.18. The molecule has 0 saturated heterocycles. The standard InChI is InChI=1S/C11H14Cl2N2O3/c1-11(2,3)18-5-4-17-10(16)7-6-8(12)14-15-9(7)13/h6H,4-5H2,1-3H3. The third kappa shape index (κ3) is 5.16. The number of halogens is 2. The van der Waals surface area contributed by atoms with Crippen molar-refractivity contribution in [3.8, 4) is 0 Å². The molecule has 0 aliphatic heterocycles. The van der Waals surface area contributed by atoms with Gasteiger partial charge in [0.1, 0.15) is 12.2 Å². The molecule has 100 valence electrons. The van der Waals surface area contributed by atoms with E-state index in [1.54, 1.807) is 0 Å². The Labute approximate surface area is 115 Å². The molecule has 1 heterocycles. The molecule has 1 aromatic heterocycles. The van der Waals surface area contributed by atoms with E-state index in [0.717, 1.165) is 0 Å². The molecule has 0 spiro atoms. The van der Waals surface area contributed by atoms with Crippen molar-refractivity contribution in [2.24, 2.45) is 0 Å². The Kier molecular flexibility index (Phi) is 5.31. The van der Waals surface area contributed by atoms with Crippen LogP contribution in [0.1, 0.15) is 31.1 Å². The summed E-state index contributed by atoms with van der Waals surface area (Å²) in [5, 5.41) is 7.06. The van der Waals surface area contributed by atoms with Crippen molar-refractivity contribution in [1.82, 2.24) is 10.2 Å². The minimum atomic E-state index is -0.602. The van der Waals surface area contributed by atoms with Crippen molar-refractivity contribution in [3.63, 3.8) is 0 Å². The van der Waals surface area contributed by atoms with Crippen molar-refractivity contribution < 1.29 is 14.3 Å². The van der Waals surface area contributed by atoms with Gasteiger partial charge in [-0.1, -0.05) is 23.2 Å². The Morgan fingerprint density at radius 3 is 2.56 bits per heavy atom. The van der Waals surface area contributed by atoms with Crippen molar-refractivity contribution in [2.45, 2.75) is 26.4 Å². The van der Waals surface area contributed by atoms with Crippen LogP contribution >= 0.6 is 23.2 Å². The van der Waals surface area contributed by atoms with Crippen LogP contribution < -0.4 is 0 Å². The van der Waals surface area contributed by atoms with Crippen LogP contribution in [0.5, 0.6) is 0 Å². The van der Waals surface area contributed by atoms with E-state index in [1.807, 2.05) is 20.8 Å². The number of ether oxygens (including phenoxy) is 2. The molecule has 1 aromatic rings. The molecule has 0 fully saturated rings. The number of rotatable bonds is 4. The predicted molar refractivity (Wildman–Crippen MR) is 68.0 cm³/mol. The summed E-state index contributed by atoms with van der Waals surface area (Å²) in [5.74, 6) is -0.602. The molecule has 0 atom stereocenters. The topological polar surface area (TPSA) is 61.3 Å². The molecule has 7 heteroatoms. The molecule has 0 aliphatic rings. The quantitative estimate of drug-likeness (QED) is 0.631. The molecular weight excluding hydrogens is 279 g/mol. The van der Waals surface area contributed by atoms with Gasteiger partial charge in [-0.3, -0.25) is 0 Å². The highest BCUT2D eigenvalue weighted by Gasteiger charge is 2.15. The van der Waals surface area contributed by atoms with Gasteiger partial charge in [-0.05, 0) is 26.8 Å². The van der Waals surface area contributed by atoms with Crippen molar-refractivity contribution in [3.05, 3.63) is 21.9 Å². The van der Waals surface area contributed by atoms with E-state index in [1.165, 1.54) is 6.07 Å². The zero-order valence-electron chi connectivity index (χ0n) is 10.4. The van der Waals surface area contributed by atoms with Gasteiger partial charge in [0, 0.05) is 0 Å². The second-order valence-electron chi connectivity index (χ2n) is 4.47. The fourth-order valence-corrected chi connectivity index (χ4v) is 1.37. The van der Waals surface area contributed by atoms with Gasteiger partial charge in [-0.2, -0.15) is 0 Å². The molecule has 0 radical (unpaired) electrons. The molecule has 0 aromatic carbocycles. The van der Waals surface area contributed by atoms with Crippen LogP contribution in [0.2, 0.25) is 10.3 Å². The smallest absolute Gasteiger partial charge is 0.341 e. The fourth-order valence-electron chi connectivity index (χ4n) is 1.06. The average molecular weight is 293 g/mol. The van der Waals surface area contributed by atoms with Crippen LogP contribution in [0.15, 0.2) is 6.07 Å². The van der Waals surface area contributed by atoms with E-state index in [2.05, 4.69) is 10.2 Å². The predicted octanol–water partition coefficient (Wildman–Crippen LogP) is 2.76. The number of aromatic nitrogens is 2. The van der Waals surface area contributed by atoms with Gasteiger partial charge in [0.25, 0.3) is 0 Å². The molecule has 0 unspecified atom stereocenters. The van der Waals surface area contributed by atoms with Crippen LogP contribution in [0.4, 0.5) is 0 Å². The lowest BCUT2D eigenvalue weighted by molar-refractivity contribution is -0.0281. The maximum absolute atomic E-state index is 11.7. The van der Waals surface area contributed by atoms with Crippen molar-refractivity contribution in [1.29, 1.82) is 0 Å². The maximum Gasteiger partial charge on any atom is 0.341 e. The van der Waals surface area contributed by atoms with Gasteiger partial charge >= 0.3 is 5.97 Å². The Morgan fingerprint density at radius 2 is 1.94 bits per heavy atom. The first-order valence-corrected chi connectivity index (χ1v) is 6.05. The highest BCUT2D eigenvalue weighted by molar-refractivity contribution is 6.33. The lowest BCUT2D eigenvalue weighted by Gasteiger charge is -2.19. The minimum Gasteiger partial charge on any atom is -0.460 e. The molecule has 5 nitrogen and oxygen atoms in total. The highest BCUT2D eigenvalue weighted by Crippen LogP contribution is 2.16. The Hall–Kier alpha value is -0.910. The van der Waals surface area contributed by atoms with Crippen LogP contribution in [0, 0.1) is 0 Å². The largest absolute Gasteiger partial charge is 0.460 e. The summed E-state index contributed by atoms with van der Waals surface area (Å²) in [7, 11) is 0. The number of esters is 1. The van der Waals surface area contributed by atoms with Gasteiger partial charge in [-0.25, -0.2) is 4.79 Å². The van der Waals surface area contributed by atoms with E-state index >= 15 is 0 Å². The number of carbonyl (C=O) groups is 1. The average Bonchev–Trinajstić information content (AvgIpc) is 2.26. The summed E-state index contributed by atoms with van der Waals surface area (Å²) in [4.78, 5) is 11.7. The summed E-state index contributed by atoms with van der Waals surface area (Å²) in [6.07, 6.45) is 0. The van der Waals surface area contributed by atoms with Crippen LogP contribution in [-0.2, 0) is 9.47 Å². The molecule has 0 aliphatic carbocycles. The molecule has 0 amide bonds. The second-order valence-corrected chi connectivity index (χ2v) is 5.21. The number of hydrogen-bond acceptors (Lipinski definition) is 5. The number of hydrogen-bond donors (Lipinski definition) is 0. The van der Waals surface area contributed by atoms with E-state index in [9.17, 15) is 4.79 Å². The lowest BCUT2D eigenvalue weighted by atomic mass is 10.2. The summed E-state index contributed by atoms with van der Waals surface area (Å²) in [5.41, 5.74) is -0.182. The zero-order valence-corrected chi connectivity index (χ0v) is 11.9. The Bertz CT molecular complexity index is 433. The Morgan fingerprint density at radius 1 is 1.28 bits per heavy atom. The molecule has 0 N–H and O–H groups in total. The molecule has 1 rings (SSSR count). The first kappa shape index (κ1) is 15.1. The van der Waals surface area contributed by atoms with Crippen molar-refractivity contribution >= 4 is 29.2 Å². The van der Waals surface area contributed by atoms with Gasteiger partial charge in [0.2, 0.25) is 0 Å². The minimum absolute atomic E-state index is 0.0406. The lowest BCUT2D eigenvalue weighted by Crippen LogP contribution is -2.22. The molecular formula is C11H14Cl2N2O3. The number of carbonyl (C=O) groups excluding carboxylic acids is 1. The monoisotopic (exact) mass is 292 g/mol. The van der Waals surface area contributed by atoms with Gasteiger partial charge in [0.05, 0.1) is 12.2 Å². The second kappa shape index (κ2) is 6.31. The zero-order chi connectivity index (χ0) is 13.8. The first-order chi connectivity index (χ1) is 8.29. The van der Waals surface area contributed by atoms with Gasteiger partial charge in [-0.15, -0.1) is 10.2 Å². The summed E-state index contributed by atoms with van der Waals surface area (Å²) >= 11 is 11.3. The third-order valence-corrected chi connectivity index (χ3v) is 2.25. The van der Waals surface area contributed by atoms with Crippen LogP contribution in [0.25, 0.3) is 0 Å². The van der Waals surface area contributed by atoms with E-state index in [0.29, 0.717) is 6.61 Å². The van der Waals surface area contributed by atoms with Crippen LogP contribution in [-0.4, -0.2) is 35.0 Å². The summed E-state index contributed by atoms with van der Waals surface area (Å²) in [6, 6.07) is 1.31. The number of nitrogens with zero attached hydrogens (tertiary/aromatic N) is 2.